The number of H-pyrrole nitrogens is 1. The summed E-state index contributed by atoms with van der Waals surface area (Å²) in [5.41, 5.74) is 1.92. The summed E-state index contributed by atoms with van der Waals surface area (Å²) in [4.78, 5) is 30.9. The predicted molar refractivity (Wildman–Crippen MR) is 202 cm³/mol. The van der Waals surface area contributed by atoms with Crippen molar-refractivity contribution in [2.45, 2.75) is 69.0 Å². The third kappa shape index (κ3) is 7.40. The number of carboxylic acid groups (broad SMARTS) is 1. The van der Waals surface area contributed by atoms with Crippen LogP contribution < -0.4 is 10.9 Å². The minimum atomic E-state index is -1.47. The number of aliphatic hydroxyl groups excluding tert-OH is 1. The van der Waals surface area contributed by atoms with Crippen LogP contribution in [0.2, 0.25) is 0 Å². The summed E-state index contributed by atoms with van der Waals surface area (Å²) in [5, 5.41) is 48.0. The molecule has 1 aliphatic carbocycles. The number of hydrogen-bond donors (Lipinski definition) is 5. The summed E-state index contributed by atoms with van der Waals surface area (Å²) in [6, 6.07) is 20.1. The van der Waals surface area contributed by atoms with E-state index in [2.05, 4.69) is 32.6 Å². The summed E-state index contributed by atoms with van der Waals surface area (Å²) >= 11 is 2.84. The van der Waals surface area contributed by atoms with Gasteiger partial charge in [0.25, 0.3) is 0 Å². The number of pyridine rings is 1. The molecule has 1 saturated carbocycles. The van der Waals surface area contributed by atoms with Gasteiger partial charge in [0.2, 0.25) is 11.2 Å². The maximum atomic E-state index is 12.8. The van der Waals surface area contributed by atoms with E-state index >= 15 is 0 Å². The topological polar surface area (TPSA) is 166 Å². The molecule has 4 heterocycles. The third-order valence-electron chi connectivity index (χ3n) is 10.0. The van der Waals surface area contributed by atoms with Crippen molar-refractivity contribution in [3.05, 3.63) is 109 Å². The lowest BCUT2D eigenvalue weighted by Gasteiger charge is -2.38. The Morgan fingerprint density at radius 2 is 1.83 bits per heavy atom. The van der Waals surface area contributed by atoms with Gasteiger partial charge in [0.1, 0.15) is 11.3 Å². The van der Waals surface area contributed by atoms with Gasteiger partial charge in [0.05, 0.1) is 33.0 Å². The number of nitrogens with one attached hydrogen (secondary N) is 2. The van der Waals surface area contributed by atoms with E-state index in [-0.39, 0.29) is 24.0 Å². The van der Waals surface area contributed by atoms with E-state index in [1.165, 1.54) is 34.8 Å². The molecule has 0 saturated heterocycles. The second-order valence-electron chi connectivity index (χ2n) is 13.4. The molecule has 7 rings (SSSR count). The fourth-order valence-electron chi connectivity index (χ4n) is 7.27. The van der Waals surface area contributed by atoms with Gasteiger partial charge in [-0.15, -0.1) is 27.8 Å². The van der Waals surface area contributed by atoms with Gasteiger partial charge in [-0.2, -0.15) is 0 Å². The molecule has 1 atom stereocenters. The number of aromatic nitrogens is 4. The molecule has 1 fully saturated rings. The molecule has 1 aliphatic rings. The van der Waals surface area contributed by atoms with Gasteiger partial charge in [-0.1, -0.05) is 29.5 Å². The molecular formula is C38H42N6O6S2. The number of aromatic hydroxyl groups is 1. The van der Waals surface area contributed by atoms with Crippen molar-refractivity contribution in [1.29, 1.82) is 0 Å². The number of fused-ring (bicyclic) bond motifs is 2. The molecule has 2 aromatic carbocycles. The first-order valence-electron chi connectivity index (χ1n) is 17.5. The minimum Gasteiger partial charge on any atom is -0.506 e. The molecule has 272 valence electrons. The number of phenolic OH excluding ortho intramolecular Hbond substituents is 1. The normalized spacial score (nSPS) is 17.3. The first kappa shape index (κ1) is 35.9. The number of thiophene rings is 2. The first-order chi connectivity index (χ1) is 25.2. The number of carbonyl (C=O) groups is 1. The highest BCUT2D eigenvalue weighted by Gasteiger charge is 2.48. The number of carboxylic acids is 1. The molecule has 0 amide bonds. The van der Waals surface area contributed by atoms with Crippen molar-refractivity contribution in [1.82, 2.24) is 30.2 Å². The van der Waals surface area contributed by atoms with E-state index in [9.17, 15) is 24.9 Å². The van der Waals surface area contributed by atoms with Gasteiger partial charge in [-0.25, -0.2) is 9.48 Å². The highest BCUT2D eigenvalue weighted by Crippen LogP contribution is 2.42. The van der Waals surface area contributed by atoms with Crippen LogP contribution >= 0.6 is 22.7 Å². The molecule has 52 heavy (non-hydrogen) atoms. The number of aliphatic carboxylic acids is 1. The highest BCUT2D eigenvalue weighted by molar-refractivity contribution is 7.12. The van der Waals surface area contributed by atoms with Crippen molar-refractivity contribution in [2.75, 3.05) is 20.1 Å². The number of rotatable bonds is 15. The third-order valence-corrected chi connectivity index (χ3v) is 12.0. The van der Waals surface area contributed by atoms with E-state index in [1.54, 1.807) is 12.1 Å². The van der Waals surface area contributed by atoms with Crippen LogP contribution in [-0.4, -0.2) is 78.4 Å². The molecule has 0 aliphatic heterocycles. The molecule has 5 N–H and O–H groups in total. The largest absolute Gasteiger partial charge is 0.506 e. The Labute approximate surface area is 308 Å². The van der Waals surface area contributed by atoms with E-state index in [0.29, 0.717) is 38.8 Å². The van der Waals surface area contributed by atoms with Gasteiger partial charge in [0.15, 0.2) is 0 Å². The number of ether oxygens (including phenoxy) is 1. The predicted octanol–water partition coefficient (Wildman–Crippen LogP) is 5.60. The Bertz CT molecular complexity index is 2140. The molecule has 14 heteroatoms. The van der Waals surface area contributed by atoms with E-state index in [0.717, 1.165) is 61.8 Å². The summed E-state index contributed by atoms with van der Waals surface area (Å²) in [5.74, 6) is -1.01. The lowest BCUT2D eigenvalue weighted by Crippen LogP contribution is -2.44. The smallest absolute Gasteiger partial charge is 0.347 e. The molecule has 6 aromatic rings. The Kier molecular flexibility index (Phi) is 10.8. The zero-order valence-corrected chi connectivity index (χ0v) is 30.4. The van der Waals surface area contributed by atoms with Crippen molar-refractivity contribution in [2.24, 2.45) is 0 Å². The monoisotopic (exact) mass is 742 g/mol. The fourth-order valence-corrected chi connectivity index (χ4v) is 9.08. The summed E-state index contributed by atoms with van der Waals surface area (Å²) in [6.07, 6.45) is 3.43. The van der Waals surface area contributed by atoms with Crippen LogP contribution in [0.15, 0.2) is 82.3 Å². The van der Waals surface area contributed by atoms with E-state index in [1.807, 2.05) is 57.9 Å². The van der Waals surface area contributed by atoms with Crippen molar-refractivity contribution < 1.29 is 24.9 Å². The van der Waals surface area contributed by atoms with Crippen LogP contribution in [0.1, 0.15) is 59.1 Å². The standard InChI is InChI=1S/C38H42N6O6S2/c1-43(25-8-10-26(11-9-25)50-38(37(48)49,33-5-2-19-51-33)34-6-3-20-52-34)17-4-18-44-30-14-7-24(21-29(30)41-42-44)22-39-23-32(46)27-12-15-31(45)36-28(27)13-16-35(47)40-36/h2-3,5-7,12-16,19-21,25-26,32,39,45-46H,4,8-11,17-18,22-23H2,1H3,(H,40,47)(H,48,49)/t25?,26?,32-/m0/s1. The van der Waals surface area contributed by atoms with Crippen LogP contribution in [0.3, 0.4) is 0 Å². The SMILES string of the molecule is CN(CCCn1nnc2cc(CNC[C@H](O)c3ccc(O)c4[nH]c(=O)ccc34)ccc21)C1CCC(OC(C(=O)O)(c2cccs2)c2cccs2)CC1. The Balaban J connectivity index is 0.884. The Morgan fingerprint density at radius 1 is 1.08 bits per heavy atom. The summed E-state index contributed by atoms with van der Waals surface area (Å²) < 4.78 is 8.50. The Morgan fingerprint density at radius 3 is 2.52 bits per heavy atom. The summed E-state index contributed by atoms with van der Waals surface area (Å²) in [7, 11) is 2.16. The van der Waals surface area contributed by atoms with Gasteiger partial charge in [-0.3, -0.25) is 4.79 Å². The van der Waals surface area contributed by atoms with Crippen LogP contribution in [-0.2, 0) is 28.2 Å². The minimum absolute atomic E-state index is 0.0409. The molecular weight excluding hydrogens is 701 g/mol. The molecule has 4 aromatic heterocycles. The molecule has 0 radical (unpaired) electrons. The average Bonchev–Trinajstić information content (AvgIpc) is 3.95. The number of aryl methyl sites for hydroxylation is 1. The number of aromatic amines is 1. The van der Waals surface area contributed by atoms with Gasteiger partial charge >= 0.3 is 5.97 Å². The lowest BCUT2D eigenvalue weighted by molar-refractivity contribution is -0.170. The number of hydrogen-bond acceptors (Lipinski definition) is 11. The zero-order valence-electron chi connectivity index (χ0n) is 28.8. The Hall–Kier alpha value is -4.44. The second kappa shape index (κ2) is 15.7. The first-order valence-corrected chi connectivity index (χ1v) is 19.2. The van der Waals surface area contributed by atoms with Crippen LogP contribution in [0, 0.1) is 0 Å². The number of aliphatic hydroxyl groups is 1. The van der Waals surface area contributed by atoms with Gasteiger partial charge < -0.3 is 35.3 Å². The zero-order chi connectivity index (χ0) is 36.2. The van der Waals surface area contributed by atoms with Crippen molar-refractivity contribution in [3.63, 3.8) is 0 Å². The van der Waals surface area contributed by atoms with Gasteiger partial charge in [-0.05, 0) is 104 Å². The van der Waals surface area contributed by atoms with Crippen LogP contribution in [0.5, 0.6) is 5.75 Å². The maximum absolute atomic E-state index is 12.8. The van der Waals surface area contributed by atoms with E-state index < -0.39 is 17.7 Å². The fraction of sp³-hybridized carbons (Fsp3) is 0.368. The van der Waals surface area contributed by atoms with Crippen LogP contribution in [0.4, 0.5) is 0 Å². The highest BCUT2D eigenvalue weighted by atomic mass is 32.1. The molecule has 0 unspecified atom stereocenters. The van der Waals surface area contributed by atoms with Crippen LogP contribution in [0.25, 0.3) is 21.9 Å². The van der Waals surface area contributed by atoms with E-state index in [4.69, 9.17) is 4.74 Å². The summed E-state index contributed by atoms with van der Waals surface area (Å²) in [6.45, 7) is 2.43. The second-order valence-corrected chi connectivity index (χ2v) is 15.3. The lowest BCUT2D eigenvalue weighted by atomic mass is 9.90. The quantitative estimate of drug-likeness (QED) is 0.0894. The number of benzene rings is 2. The number of phenols is 1. The average molecular weight is 743 g/mol. The number of nitrogens with zero attached hydrogens (tertiary/aromatic N) is 4. The maximum Gasteiger partial charge on any atom is 0.347 e. The van der Waals surface area contributed by atoms with Crippen molar-refractivity contribution in [3.8, 4) is 5.75 Å². The van der Waals surface area contributed by atoms with Crippen molar-refractivity contribution >= 4 is 50.6 Å². The molecule has 12 nitrogen and oxygen atoms in total. The molecule has 0 spiro atoms. The molecule has 0 bridgehead atoms. The van der Waals surface area contributed by atoms with Gasteiger partial charge in [0, 0.05) is 37.1 Å².